The Hall–Kier alpha value is -0.570. The molecule has 0 radical (unpaired) electrons. The number of nitrogens with two attached hydrogens (primary N) is 1. The second kappa shape index (κ2) is 12.5. The average Bonchev–Trinajstić information content (AvgIpc) is 2.39. The van der Waals surface area contributed by atoms with Gasteiger partial charge in [-0.3, -0.25) is 4.79 Å². The number of unbranched alkanes of at least 4 members (excludes halogenated alkanes) is 3. The zero-order valence-corrected chi connectivity index (χ0v) is 13.2. The number of carbonyl (C=O) groups excluding carboxylic acids is 1. The molecule has 0 aromatic rings. The minimum Gasteiger partial charge on any atom is -0.354 e. The van der Waals surface area contributed by atoms with Crippen LogP contribution in [0.1, 0.15) is 78.6 Å². The molecule has 3 nitrogen and oxygen atoms in total. The Morgan fingerprint density at radius 1 is 1.11 bits per heavy atom. The normalized spacial score (nSPS) is 14.1. The summed E-state index contributed by atoms with van der Waals surface area (Å²) in [7, 11) is 0. The van der Waals surface area contributed by atoms with Crippen LogP contribution in [0.2, 0.25) is 0 Å². The van der Waals surface area contributed by atoms with E-state index in [1.807, 2.05) is 0 Å². The first kappa shape index (κ1) is 18.4. The van der Waals surface area contributed by atoms with Crippen molar-refractivity contribution in [2.24, 2.45) is 11.7 Å². The van der Waals surface area contributed by atoms with Gasteiger partial charge < -0.3 is 11.1 Å². The minimum atomic E-state index is 0.207. The van der Waals surface area contributed by atoms with Crippen molar-refractivity contribution in [3.8, 4) is 0 Å². The Labute approximate surface area is 119 Å². The van der Waals surface area contributed by atoms with E-state index in [4.69, 9.17) is 5.73 Å². The quantitative estimate of drug-likeness (QED) is 0.532. The lowest BCUT2D eigenvalue weighted by molar-refractivity contribution is -0.122. The van der Waals surface area contributed by atoms with Gasteiger partial charge in [0.25, 0.3) is 0 Å². The van der Waals surface area contributed by atoms with Crippen molar-refractivity contribution in [2.75, 3.05) is 6.54 Å². The fourth-order valence-corrected chi connectivity index (χ4v) is 2.42. The summed E-state index contributed by atoms with van der Waals surface area (Å²) in [6, 6.07) is 0.318. The van der Waals surface area contributed by atoms with Crippen molar-refractivity contribution in [3.63, 3.8) is 0 Å². The maximum Gasteiger partial charge on any atom is 0.220 e. The Morgan fingerprint density at radius 3 is 2.42 bits per heavy atom. The Morgan fingerprint density at radius 2 is 1.84 bits per heavy atom. The Balaban J connectivity index is 3.66. The van der Waals surface area contributed by atoms with Crippen LogP contribution in [0.3, 0.4) is 0 Å². The van der Waals surface area contributed by atoms with E-state index in [1.165, 1.54) is 25.7 Å². The lowest BCUT2D eigenvalue weighted by Crippen LogP contribution is -2.32. The summed E-state index contributed by atoms with van der Waals surface area (Å²) in [5.74, 6) is 0.814. The predicted octanol–water partition coefficient (Wildman–Crippen LogP) is 3.62. The summed E-state index contributed by atoms with van der Waals surface area (Å²) in [4.78, 5) is 11.8. The number of hydrogen-bond donors (Lipinski definition) is 2. The number of rotatable bonds is 12. The molecule has 0 spiro atoms. The first-order valence-corrected chi connectivity index (χ1v) is 8.13. The van der Waals surface area contributed by atoms with Gasteiger partial charge in [0.1, 0.15) is 0 Å². The van der Waals surface area contributed by atoms with Crippen molar-refractivity contribution in [2.45, 2.75) is 84.6 Å². The molecule has 0 aromatic carbocycles. The molecule has 0 fully saturated rings. The molecule has 3 heteroatoms. The average molecular weight is 270 g/mol. The van der Waals surface area contributed by atoms with Gasteiger partial charge in [0.2, 0.25) is 5.91 Å². The molecule has 0 aliphatic heterocycles. The van der Waals surface area contributed by atoms with E-state index in [0.717, 1.165) is 32.2 Å². The second-order valence-corrected chi connectivity index (χ2v) is 5.71. The summed E-state index contributed by atoms with van der Waals surface area (Å²) < 4.78 is 0. The van der Waals surface area contributed by atoms with Crippen molar-refractivity contribution in [1.82, 2.24) is 5.32 Å². The van der Waals surface area contributed by atoms with E-state index < -0.39 is 0 Å². The van der Waals surface area contributed by atoms with Gasteiger partial charge in [0.15, 0.2) is 0 Å². The fraction of sp³-hybridized carbons (Fsp3) is 0.938. The van der Waals surface area contributed by atoms with Gasteiger partial charge >= 0.3 is 0 Å². The van der Waals surface area contributed by atoms with Crippen LogP contribution in [0, 0.1) is 5.92 Å². The molecule has 0 aliphatic carbocycles. The molecule has 0 aliphatic rings. The number of carbonyl (C=O) groups is 1. The highest BCUT2D eigenvalue weighted by Crippen LogP contribution is 2.14. The van der Waals surface area contributed by atoms with Crippen LogP contribution in [0.5, 0.6) is 0 Å². The van der Waals surface area contributed by atoms with E-state index >= 15 is 0 Å². The van der Waals surface area contributed by atoms with Crippen molar-refractivity contribution >= 4 is 5.91 Å². The summed E-state index contributed by atoms with van der Waals surface area (Å²) in [6.45, 7) is 7.24. The molecule has 2 atom stereocenters. The fourth-order valence-electron chi connectivity index (χ4n) is 2.42. The highest BCUT2D eigenvalue weighted by Gasteiger charge is 2.11. The van der Waals surface area contributed by atoms with Crippen LogP contribution in [-0.2, 0) is 4.79 Å². The topological polar surface area (TPSA) is 55.1 Å². The summed E-state index contributed by atoms with van der Waals surface area (Å²) in [6.07, 6.45) is 9.96. The third-order valence-corrected chi connectivity index (χ3v) is 3.83. The Bertz CT molecular complexity index is 219. The highest BCUT2D eigenvalue weighted by atomic mass is 16.1. The number of amides is 1. The van der Waals surface area contributed by atoms with Gasteiger partial charge in [-0.1, -0.05) is 46.0 Å². The van der Waals surface area contributed by atoms with Crippen LogP contribution in [-0.4, -0.2) is 18.5 Å². The van der Waals surface area contributed by atoms with Crippen molar-refractivity contribution in [1.29, 1.82) is 0 Å². The van der Waals surface area contributed by atoms with Crippen LogP contribution in [0.4, 0.5) is 0 Å². The van der Waals surface area contributed by atoms with Crippen molar-refractivity contribution in [3.05, 3.63) is 0 Å². The number of nitrogens with one attached hydrogen (secondary N) is 1. The molecule has 0 saturated carbocycles. The minimum absolute atomic E-state index is 0.207. The van der Waals surface area contributed by atoms with Crippen LogP contribution < -0.4 is 11.1 Å². The molecule has 0 aromatic heterocycles. The third kappa shape index (κ3) is 11.0. The van der Waals surface area contributed by atoms with E-state index in [1.54, 1.807) is 0 Å². The van der Waals surface area contributed by atoms with Gasteiger partial charge in [-0.05, 0) is 38.6 Å². The molecule has 3 N–H and O–H groups in total. The smallest absolute Gasteiger partial charge is 0.220 e. The van der Waals surface area contributed by atoms with E-state index in [0.29, 0.717) is 18.4 Å². The monoisotopic (exact) mass is 270 g/mol. The Kier molecular flexibility index (Phi) is 12.1. The van der Waals surface area contributed by atoms with Gasteiger partial charge in [-0.15, -0.1) is 0 Å². The molecule has 19 heavy (non-hydrogen) atoms. The highest BCUT2D eigenvalue weighted by molar-refractivity contribution is 5.76. The van der Waals surface area contributed by atoms with Crippen LogP contribution in [0.15, 0.2) is 0 Å². The second-order valence-electron chi connectivity index (χ2n) is 5.71. The summed E-state index contributed by atoms with van der Waals surface area (Å²) >= 11 is 0. The molecule has 1 amide bonds. The van der Waals surface area contributed by atoms with Gasteiger partial charge in [-0.25, -0.2) is 0 Å². The first-order valence-electron chi connectivity index (χ1n) is 8.13. The molecule has 0 saturated heterocycles. The maximum atomic E-state index is 11.8. The summed E-state index contributed by atoms with van der Waals surface area (Å²) in [5.41, 5.74) is 5.57. The maximum absolute atomic E-state index is 11.8. The van der Waals surface area contributed by atoms with E-state index in [2.05, 4.69) is 26.1 Å². The number of hydrogen-bond acceptors (Lipinski definition) is 2. The van der Waals surface area contributed by atoms with Crippen LogP contribution in [0.25, 0.3) is 0 Å². The zero-order valence-electron chi connectivity index (χ0n) is 13.2. The first-order chi connectivity index (χ1) is 9.13. The van der Waals surface area contributed by atoms with Gasteiger partial charge in [0.05, 0.1) is 0 Å². The molecule has 2 unspecified atom stereocenters. The third-order valence-electron chi connectivity index (χ3n) is 3.83. The molecular formula is C16H34N2O. The standard InChI is InChI=1S/C16H34N2O/c1-4-6-7-8-9-14(3)18-16(19)11-10-15(5-2)12-13-17/h14-15H,4-13,17H2,1-3H3,(H,18,19). The zero-order chi connectivity index (χ0) is 14.5. The predicted molar refractivity (Wildman–Crippen MR) is 83.1 cm³/mol. The molecule has 114 valence electrons. The van der Waals surface area contributed by atoms with Crippen molar-refractivity contribution < 1.29 is 4.79 Å². The molecule has 0 rings (SSSR count). The molecular weight excluding hydrogens is 236 g/mol. The lowest BCUT2D eigenvalue weighted by Gasteiger charge is -2.16. The summed E-state index contributed by atoms with van der Waals surface area (Å²) in [5, 5.41) is 3.11. The van der Waals surface area contributed by atoms with Gasteiger partial charge in [0, 0.05) is 12.5 Å². The van der Waals surface area contributed by atoms with Gasteiger partial charge in [-0.2, -0.15) is 0 Å². The van der Waals surface area contributed by atoms with Crippen LogP contribution >= 0.6 is 0 Å². The van der Waals surface area contributed by atoms with E-state index in [9.17, 15) is 4.79 Å². The molecule has 0 heterocycles. The largest absolute Gasteiger partial charge is 0.354 e. The lowest BCUT2D eigenvalue weighted by atomic mass is 9.96. The molecule has 0 bridgehead atoms. The SMILES string of the molecule is CCCCCCC(C)NC(=O)CCC(CC)CCN. The van der Waals surface area contributed by atoms with E-state index in [-0.39, 0.29) is 5.91 Å².